The van der Waals surface area contributed by atoms with Crippen molar-refractivity contribution in [3.8, 4) is 17.5 Å². The summed E-state index contributed by atoms with van der Waals surface area (Å²) >= 11 is 0. The van der Waals surface area contributed by atoms with Crippen LogP contribution >= 0.6 is 0 Å². The topological polar surface area (TPSA) is 73.1 Å². The lowest BCUT2D eigenvalue weighted by molar-refractivity contribution is 0.244. The molecule has 0 amide bonds. The van der Waals surface area contributed by atoms with Gasteiger partial charge in [-0.3, -0.25) is 9.47 Å². The molecule has 1 aromatic carbocycles. The summed E-state index contributed by atoms with van der Waals surface area (Å²) in [7, 11) is 0. The Bertz CT molecular complexity index is 899. The van der Waals surface area contributed by atoms with Crippen molar-refractivity contribution in [3.63, 3.8) is 0 Å². The van der Waals surface area contributed by atoms with E-state index in [1.54, 1.807) is 10.6 Å². The van der Waals surface area contributed by atoms with E-state index in [1.807, 2.05) is 0 Å². The fraction of sp³-hybridized carbons (Fsp3) is 0.600. The number of ether oxygens (including phenoxy) is 1. The van der Waals surface area contributed by atoms with Crippen LogP contribution < -0.4 is 15.0 Å². The fourth-order valence-electron chi connectivity index (χ4n) is 4.47. The highest BCUT2D eigenvalue weighted by molar-refractivity contribution is 5.58. The van der Waals surface area contributed by atoms with Gasteiger partial charge in [-0.2, -0.15) is 0 Å². The number of para-hydroxylation sites is 2. The number of aromatic hydroxyl groups is 2. The first-order chi connectivity index (χ1) is 15.7. The number of nitrogens with zero attached hydrogens (tertiary/aromatic N) is 3. The zero-order valence-electron chi connectivity index (χ0n) is 18.9. The van der Waals surface area contributed by atoms with Gasteiger partial charge in [0, 0.05) is 56.9 Å². The zero-order chi connectivity index (χ0) is 21.9. The number of nitrogens with one attached hydrogen (secondary N) is 1. The number of anilines is 1. The summed E-state index contributed by atoms with van der Waals surface area (Å²) in [5.74, 6) is 2.12. The van der Waals surface area contributed by atoms with Crippen molar-refractivity contribution in [2.75, 3.05) is 44.2 Å². The van der Waals surface area contributed by atoms with E-state index in [-0.39, 0.29) is 11.8 Å². The van der Waals surface area contributed by atoms with E-state index in [2.05, 4.69) is 39.4 Å². The maximum Gasteiger partial charge on any atom is 0.198 e. The summed E-state index contributed by atoms with van der Waals surface area (Å²) in [5.41, 5.74) is 1.99. The van der Waals surface area contributed by atoms with Crippen molar-refractivity contribution < 1.29 is 14.9 Å². The molecule has 174 valence electrons. The number of piperazine rings is 1. The normalized spacial score (nSPS) is 19.4. The molecule has 1 saturated heterocycles. The SMILES string of the molecule is Oc1cc(CNC2CC2)c(O)n1CCCN1CCN(c2ccccc2OCC2CC2)CC1. The van der Waals surface area contributed by atoms with Gasteiger partial charge in [0.25, 0.3) is 0 Å². The van der Waals surface area contributed by atoms with Crippen LogP contribution in [0.2, 0.25) is 0 Å². The molecule has 32 heavy (non-hydrogen) atoms. The molecule has 7 nitrogen and oxygen atoms in total. The molecule has 0 radical (unpaired) electrons. The summed E-state index contributed by atoms with van der Waals surface area (Å²) in [6.45, 7) is 7.04. The third-order valence-corrected chi connectivity index (χ3v) is 6.89. The molecule has 3 fully saturated rings. The van der Waals surface area contributed by atoms with Crippen LogP contribution in [0.5, 0.6) is 17.5 Å². The Hall–Kier alpha value is -2.38. The van der Waals surface area contributed by atoms with Gasteiger partial charge in [0.1, 0.15) is 5.75 Å². The van der Waals surface area contributed by atoms with Crippen LogP contribution in [0.15, 0.2) is 30.3 Å². The number of benzene rings is 1. The van der Waals surface area contributed by atoms with E-state index < -0.39 is 0 Å². The molecule has 3 aliphatic rings. The minimum atomic E-state index is 0.155. The van der Waals surface area contributed by atoms with Gasteiger partial charge in [0.15, 0.2) is 11.8 Å². The molecule has 0 bridgehead atoms. The van der Waals surface area contributed by atoms with E-state index in [1.165, 1.54) is 31.4 Å². The van der Waals surface area contributed by atoms with Crippen LogP contribution in [0, 0.1) is 5.92 Å². The van der Waals surface area contributed by atoms with Crippen molar-refractivity contribution in [2.45, 2.75) is 51.2 Å². The minimum absolute atomic E-state index is 0.155. The summed E-state index contributed by atoms with van der Waals surface area (Å²) in [6.07, 6.45) is 5.92. The van der Waals surface area contributed by atoms with Crippen molar-refractivity contribution in [1.82, 2.24) is 14.8 Å². The third-order valence-electron chi connectivity index (χ3n) is 6.89. The molecular formula is C25H36N4O3. The molecule has 2 heterocycles. The monoisotopic (exact) mass is 440 g/mol. The van der Waals surface area contributed by atoms with Gasteiger partial charge in [-0.15, -0.1) is 0 Å². The van der Waals surface area contributed by atoms with Gasteiger partial charge >= 0.3 is 0 Å². The van der Waals surface area contributed by atoms with Gasteiger partial charge < -0.3 is 25.2 Å². The summed E-state index contributed by atoms with van der Waals surface area (Å²) < 4.78 is 7.74. The largest absolute Gasteiger partial charge is 0.494 e. The Morgan fingerprint density at radius 1 is 0.969 bits per heavy atom. The maximum atomic E-state index is 10.5. The van der Waals surface area contributed by atoms with Gasteiger partial charge in [-0.1, -0.05) is 12.1 Å². The average molecular weight is 441 g/mol. The van der Waals surface area contributed by atoms with Crippen molar-refractivity contribution in [2.24, 2.45) is 5.92 Å². The Kier molecular flexibility index (Phi) is 6.46. The van der Waals surface area contributed by atoms with Crippen LogP contribution in [-0.2, 0) is 13.1 Å². The smallest absolute Gasteiger partial charge is 0.198 e. The number of rotatable bonds is 11. The molecule has 2 aromatic rings. The predicted molar refractivity (Wildman–Crippen MR) is 126 cm³/mol. The number of hydrogen-bond donors (Lipinski definition) is 3. The van der Waals surface area contributed by atoms with E-state index in [4.69, 9.17) is 4.74 Å². The quantitative estimate of drug-likeness (QED) is 0.499. The molecule has 3 N–H and O–H groups in total. The van der Waals surface area contributed by atoms with E-state index in [0.717, 1.165) is 63.0 Å². The van der Waals surface area contributed by atoms with Gasteiger partial charge in [-0.25, -0.2) is 0 Å². The minimum Gasteiger partial charge on any atom is -0.494 e. The molecule has 2 saturated carbocycles. The van der Waals surface area contributed by atoms with E-state index in [0.29, 0.717) is 19.1 Å². The lowest BCUT2D eigenvalue weighted by Crippen LogP contribution is -2.46. The summed E-state index contributed by atoms with van der Waals surface area (Å²) in [6, 6.07) is 10.7. The Labute approximate surface area is 190 Å². The number of aromatic nitrogens is 1. The maximum absolute atomic E-state index is 10.5. The number of hydrogen-bond acceptors (Lipinski definition) is 6. The van der Waals surface area contributed by atoms with Crippen LogP contribution in [0.3, 0.4) is 0 Å². The second kappa shape index (κ2) is 9.63. The lowest BCUT2D eigenvalue weighted by Gasteiger charge is -2.36. The van der Waals surface area contributed by atoms with Crippen molar-refractivity contribution in [1.29, 1.82) is 0 Å². The van der Waals surface area contributed by atoms with E-state index >= 15 is 0 Å². The van der Waals surface area contributed by atoms with Crippen LogP contribution in [-0.4, -0.2) is 65.1 Å². The second-order valence-electron chi connectivity index (χ2n) is 9.56. The molecular weight excluding hydrogens is 404 g/mol. The van der Waals surface area contributed by atoms with E-state index in [9.17, 15) is 10.2 Å². The Balaban J connectivity index is 1.08. The first kappa shape index (κ1) is 21.5. The molecule has 1 aliphatic heterocycles. The predicted octanol–water partition coefficient (Wildman–Crippen LogP) is 3.15. The third kappa shape index (κ3) is 5.33. The van der Waals surface area contributed by atoms with Crippen LogP contribution in [0.4, 0.5) is 5.69 Å². The van der Waals surface area contributed by atoms with Gasteiger partial charge in [-0.05, 0) is 56.7 Å². The summed E-state index contributed by atoms with van der Waals surface area (Å²) in [4.78, 5) is 4.90. The van der Waals surface area contributed by atoms with Gasteiger partial charge in [0.2, 0.25) is 0 Å². The Morgan fingerprint density at radius 3 is 2.50 bits per heavy atom. The first-order valence-electron chi connectivity index (χ1n) is 12.2. The molecule has 7 heteroatoms. The highest BCUT2D eigenvalue weighted by atomic mass is 16.5. The second-order valence-corrected chi connectivity index (χ2v) is 9.56. The molecule has 0 spiro atoms. The van der Waals surface area contributed by atoms with Gasteiger partial charge in [0.05, 0.1) is 12.3 Å². The highest BCUT2D eigenvalue weighted by Crippen LogP contribution is 2.34. The molecule has 1 aromatic heterocycles. The summed E-state index contributed by atoms with van der Waals surface area (Å²) in [5, 5.41) is 24.1. The molecule has 0 atom stereocenters. The van der Waals surface area contributed by atoms with Crippen LogP contribution in [0.1, 0.15) is 37.7 Å². The van der Waals surface area contributed by atoms with Crippen LogP contribution in [0.25, 0.3) is 0 Å². The molecule has 0 unspecified atom stereocenters. The zero-order valence-corrected chi connectivity index (χ0v) is 18.9. The lowest BCUT2D eigenvalue weighted by atomic mass is 10.2. The Morgan fingerprint density at radius 2 is 1.75 bits per heavy atom. The average Bonchev–Trinajstić information content (AvgIpc) is 3.74. The van der Waals surface area contributed by atoms with Crippen molar-refractivity contribution in [3.05, 3.63) is 35.9 Å². The first-order valence-corrected chi connectivity index (χ1v) is 12.2. The molecule has 5 rings (SSSR count). The van der Waals surface area contributed by atoms with Crippen molar-refractivity contribution >= 4 is 5.69 Å². The molecule has 2 aliphatic carbocycles. The highest BCUT2D eigenvalue weighted by Gasteiger charge is 2.24. The standard InChI is InChI=1S/C25H36N4O3/c30-24-16-20(17-26-21-8-9-21)25(31)29(24)11-3-10-27-12-14-28(15-13-27)22-4-1-2-5-23(22)32-18-19-6-7-19/h1-2,4-5,16,19,21,26,30-31H,3,6-15,17-18H2. The fourth-order valence-corrected chi connectivity index (χ4v) is 4.47.